The van der Waals surface area contributed by atoms with Crippen LogP contribution in [0.3, 0.4) is 0 Å². The number of methoxy groups -OCH3 is 1. The van der Waals surface area contributed by atoms with Crippen LogP contribution in [-0.4, -0.2) is 17.1 Å². The summed E-state index contributed by atoms with van der Waals surface area (Å²) in [4.78, 5) is 9.06. The Hall–Kier alpha value is -2.42. The molecular formula is C16H14N2O. The first-order valence-electron chi connectivity index (χ1n) is 6.15. The van der Waals surface area contributed by atoms with Crippen molar-refractivity contribution in [3.8, 4) is 17.0 Å². The topological polar surface area (TPSA) is 35.0 Å². The minimum Gasteiger partial charge on any atom is -0.495 e. The van der Waals surface area contributed by atoms with E-state index in [-0.39, 0.29) is 0 Å². The molecule has 2 aromatic heterocycles. The minimum atomic E-state index is 0.811. The largest absolute Gasteiger partial charge is 0.495 e. The van der Waals surface area contributed by atoms with Gasteiger partial charge in [0.15, 0.2) is 0 Å². The Kier molecular flexibility index (Phi) is 2.88. The van der Waals surface area contributed by atoms with Crippen molar-refractivity contribution in [2.75, 3.05) is 7.11 Å². The van der Waals surface area contributed by atoms with Crippen LogP contribution in [-0.2, 0) is 0 Å². The van der Waals surface area contributed by atoms with Crippen LogP contribution in [0.15, 0.2) is 48.7 Å². The first-order valence-corrected chi connectivity index (χ1v) is 6.15. The van der Waals surface area contributed by atoms with Crippen LogP contribution in [0.5, 0.6) is 5.75 Å². The van der Waals surface area contributed by atoms with E-state index in [2.05, 4.69) is 9.97 Å². The highest BCUT2D eigenvalue weighted by Gasteiger charge is 2.09. The molecule has 2 heterocycles. The van der Waals surface area contributed by atoms with Gasteiger partial charge in [0.2, 0.25) is 0 Å². The molecule has 0 unspecified atom stereocenters. The second-order valence-electron chi connectivity index (χ2n) is 4.37. The molecule has 1 aromatic carbocycles. The second kappa shape index (κ2) is 4.69. The lowest BCUT2D eigenvalue weighted by molar-refractivity contribution is 0.410. The van der Waals surface area contributed by atoms with Gasteiger partial charge in [0, 0.05) is 17.1 Å². The number of pyridine rings is 2. The summed E-state index contributed by atoms with van der Waals surface area (Å²) in [5, 5.41) is 1.06. The van der Waals surface area contributed by atoms with E-state index in [9.17, 15) is 0 Å². The van der Waals surface area contributed by atoms with E-state index in [1.165, 1.54) is 0 Å². The maximum atomic E-state index is 5.32. The van der Waals surface area contributed by atoms with Gasteiger partial charge in [0.25, 0.3) is 0 Å². The number of hydrogen-bond donors (Lipinski definition) is 0. The number of benzene rings is 1. The average molecular weight is 250 g/mol. The molecule has 94 valence electrons. The summed E-state index contributed by atoms with van der Waals surface area (Å²) in [6.07, 6.45) is 1.80. The summed E-state index contributed by atoms with van der Waals surface area (Å²) >= 11 is 0. The zero-order valence-corrected chi connectivity index (χ0v) is 10.9. The number of hydrogen-bond acceptors (Lipinski definition) is 3. The van der Waals surface area contributed by atoms with Crippen LogP contribution < -0.4 is 4.74 Å². The van der Waals surface area contributed by atoms with Gasteiger partial charge < -0.3 is 4.74 Å². The third-order valence-corrected chi connectivity index (χ3v) is 3.15. The summed E-state index contributed by atoms with van der Waals surface area (Å²) in [6.45, 7) is 1.95. The normalized spacial score (nSPS) is 10.6. The predicted octanol–water partition coefficient (Wildman–Crippen LogP) is 3.61. The molecule has 0 saturated heterocycles. The van der Waals surface area contributed by atoms with Gasteiger partial charge in [-0.25, -0.2) is 4.98 Å². The molecule has 3 aromatic rings. The Bertz CT molecular complexity index is 723. The number of para-hydroxylation sites is 1. The Morgan fingerprint density at radius 1 is 1.05 bits per heavy atom. The van der Waals surface area contributed by atoms with Crippen molar-refractivity contribution in [1.29, 1.82) is 0 Å². The monoisotopic (exact) mass is 250 g/mol. The van der Waals surface area contributed by atoms with Gasteiger partial charge in [0.05, 0.1) is 24.0 Å². The molecule has 0 atom stereocenters. The van der Waals surface area contributed by atoms with E-state index >= 15 is 0 Å². The van der Waals surface area contributed by atoms with Crippen LogP contribution in [0.4, 0.5) is 0 Å². The van der Waals surface area contributed by atoms with E-state index in [1.54, 1.807) is 13.3 Å². The molecule has 0 aliphatic carbocycles. The lowest BCUT2D eigenvalue weighted by Gasteiger charge is -2.09. The molecule has 0 spiro atoms. The van der Waals surface area contributed by atoms with Gasteiger partial charge in [-0.3, -0.25) is 4.98 Å². The molecule has 3 nitrogen and oxygen atoms in total. The first kappa shape index (κ1) is 11.7. The van der Waals surface area contributed by atoms with E-state index in [4.69, 9.17) is 4.74 Å². The molecule has 0 N–H and O–H groups in total. The van der Waals surface area contributed by atoms with E-state index in [1.807, 2.05) is 49.4 Å². The highest BCUT2D eigenvalue weighted by molar-refractivity contribution is 5.93. The third-order valence-electron chi connectivity index (χ3n) is 3.15. The molecule has 0 fully saturated rings. The van der Waals surface area contributed by atoms with E-state index < -0.39 is 0 Å². The van der Waals surface area contributed by atoms with Crippen molar-refractivity contribution in [1.82, 2.24) is 9.97 Å². The van der Waals surface area contributed by atoms with Gasteiger partial charge in [-0.15, -0.1) is 0 Å². The fourth-order valence-electron chi connectivity index (χ4n) is 2.21. The fraction of sp³-hybridized carbons (Fsp3) is 0.125. The quantitative estimate of drug-likeness (QED) is 0.696. The first-order chi connectivity index (χ1) is 9.29. The molecule has 0 saturated carbocycles. The summed E-state index contributed by atoms with van der Waals surface area (Å²) in [5.74, 6) is 0.811. The van der Waals surface area contributed by atoms with Crippen molar-refractivity contribution in [3.63, 3.8) is 0 Å². The second-order valence-corrected chi connectivity index (χ2v) is 4.37. The van der Waals surface area contributed by atoms with Crippen molar-refractivity contribution in [2.24, 2.45) is 0 Å². The Morgan fingerprint density at radius 2 is 1.95 bits per heavy atom. The molecule has 0 bridgehead atoms. The van der Waals surface area contributed by atoms with Gasteiger partial charge in [-0.1, -0.05) is 24.3 Å². The predicted molar refractivity (Wildman–Crippen MR) is 76.3 cm³/mol. The number of ether oxygens (including phenoxy) is 1. The van der Waals surface area contributed by atoms with Crippen LogP contribution in [0, 0.1) is 6.92 Å². The number of fused-ring (bicyclic) bond motifs is 1. The van der Waals surface area contributed by atoms with Crippen molar-refractivity contribution >= 4 is 10.9 Å². The van der Waals surface area contributed by atoms with Crippen LogP contribution in [0.2, 0.25) is 0 Å². The molecule has 0 aliphatic heterocycles. The number of nitrogens with zero attached hydrogens (tertiary/aromatic N) is 2. The van der Waals surface area contributed by atoms with Crippen molar-refractivity contribution in [3.05, 3.63) is 54.4 Å². The summed E-state index contributed by atoms with van der Waals surface area (Å²) in [5.41, 5.74) is 3.83. The van der Waals surface area contributed by atoms with E-state index in [0.717, 1.165) is 33.6 Å². The van der Waals surface area contributed by atoms with Crippen molar-refractivity contribution in [2.45, 2.75) is 6.92 Å². The SMILES string of the molecule is COc1cc2cccc(-c3ccccn3)c2nc1C. The fourth-order valence-corrected chi connectivity index (χ4v) is 2.21. The maximum absolute atomic E-state index is 5.32. The highest BCUT2D eigenvalue weighted by Crippen LogP contribution is 2.29. The van der Waals surface area contributed by atoms with Gasteiger partial charge in [0.1, 0.15) is 5.75 Å². The zero-order chi connectivity index (χ0) is 13.2. The van der Waals surface area contributed by atoms with Crippen molar-refractivity contribution < 1.29 is 4.74 Å². The summed E-state index contributed by atoms with van der Waals surface area (Å²) < 4.78 is 5.32. The Morgan fingerprint density at radius 3 is 2.68 bits per heavy atom. The average Bonchev–Trinajstić information content (AvgIpc) is 2.47. The number of aryl methyl sites for hydroxylation is 1. The number of aromatic nitrogens is 2. The summed E-state index contributed by atoms with van der Waals surface area (Å²) in [7, 11) is 1.67. The molecule has 0 amide bonds. The summed E-state index contributed by atoms with van der Waals surface area (Å²) in [6, 6.07) is 14.0. The molecule has 0 aliphatic rings. The Labute approximate surface area is 111 Å². The minimum absolute atomic E-state index is 0.811. The molecule has 3 heteroatoms. The van der Waals surface area contributed by atoms with Crippen LogP contribution >= 0.6 is 0 Å². The van der Waals surface area contributed by atoms with Crippen LogP contribution in [0.1, 0.15) is 5.69 Å². The zero-order valence-electron chi connectivity index (χ0n) is 10.9. The maximum Gasteiger partial charge on any atom is 0.140 e. The lowest BCUT2D eigenvalue weighted by Crippen LogP contribution is -1.93. The lowest BCUT2D eigenvalue weighted by atomic mass is 10.1. The highest BCUT2D eigenvalue weighted by atomic mass is 16.5. The standard InChI is InChI=1S/C16H14N2O/c1-11-15(19-2)10-12-6-5-7-13(16(12)18-11)14-8-3-4-9-17-14/h3-10H,1-2H3. The Balaban J connectivity index is 2.30. The molecular weight excluding hydrogens is 236 g/mol. The molecule has 0 radical (unpaired) electrons. The molecule has 19 heavy (non-hydrogen) atoms. The van der Waals surface area contributed by atoms with Gasteiger partial charge in [-0.2, -0.15) is 0 Å². The number of rotatable bonds is 2. The van der Waals surface area contributed by atoms with Gasteiger partial charge in [-0.05, 0) is 25.1 Å². The van der Waals surface area contributed by atoms with Gasteiger partial charge >= 0.3 is 0 Å². The molecule has 3 rings (SSSR count). The third kappa shape index (κ3) is 2.03. The van der Waals surface area contributed by atoms with Crippen LogP contribution in [0.25, 0.3) is 22.2 Å². The van der Waals surface area contributed by atoms with E-state index in [0.29, 0.717) is 0 Å². The smallest absolute Gasteiger partial charge is 0.140 e.